The van der Waals surface area contributed by atoms with Gasteiger partial charge in [0.1, 0.15) is 5.82 Å². The first-order chi connectivity index (χ1) is 12.5. The maximum Gasteiger partial charge on any atom is 0.320 e. The van der Waals surface area contributed by atoms with Gasteiger partial charge in [-0.05, 0) is 17.7 Å². The Bertz CT molecular complexity index is 960. The number of anilines is 1. The molecule has 3 rings (SSSR count). The number of fused-ring (bicyclic) bond motifs is 1. The molecule has 10 heteroatoms. The van der Waals surface area contributed by atoms with Crippen LogP contribution in [0.15, 0.2) is 24.3 Å². The molecule has 0 unspecified atom stereocenters. The highest BCUT2D eigenvalue weighted by atomic mass is 35.5. The second-order valence-corrected chi connectivity index (χ2v) is 6.14. The van der Waals surface area contributed by atoms with E-state index in [9.17, 15) is 9.90 Å². The Morgan fingerprint density at radius 2 is 2.12 bits per heavy atom. The Morgan fingerprint density at radius 3 is 2.81 bits per heavy atom. The Labute approximate surface area is 158 Å². The number of H-pyrrole nitrogens is 1. The van der Waals surface area contributed by atoms with Crippen LogP contribution in [-0.4, -0.2) is 33.4 Å². The molecule has 2 heterocycles. The van der Waals surface area contributed by atoms with Crippen LogP contribution >= 0.6 is 23.2 Å². The van der Waals surface area contributed by atoms with Crippen molar-refractivity contribution in [3.63, 3.8) is 0 Å². The number of carbonyl (C=O) groups excluding carboxylic acids is 1. The molecule has 26 heavy (non-hydrogen) atoms. The molecule has 8 nitrogen and oxygen atoms in total. The van der Waals surface area contributed by atoms with Crippen molar-refractivity contribution in [2.45, 2.75) is 13.2 Å². The van der Waals surface area contributed by atoms with Crippen molar-refractivity contribution in [1.29, 1.82) is 0 Å². The molecule has 0 aliphatic rings. The van der Waals surface area contributed by atoms with Crippen LogP contribution in [0.3, 0.4) is 0 Å². The summed E-state index contributed by atoms with van der Waals surface area (Å²) < 4.78 is 5.12. The molecule has 3 aromatic rings. The number of urea groups is 1. The van der Waals surface area contributed by atoms with Crippen LogP contribution in [0.25, 0.3) is 10.9 Å². The summed E-state index contributed by atoms with van der Waals surface area (Å²) >= 11 is 11.8. The largest absolute Gasteiger partial charge is 0.479 e. The summed E-state index contributed by atoms with van der Waals surface area (Å²) in [6.45, 7) is -0.0670. The lowest BCUT2D eigenvalue weighted by atomic mass is 10.2. The fraction of sp³-hybridized carbons (Fsp3) is 0.188. The number of aliphatic hydroxyl groups is 1. The molecule has 0 aliphatic carbocycles. The van der Waals surface area contributed by atoms with E-state index in [1.165, 1.54) is 7.11 Å². The van der Waals surface area contributed by atoms with E-state index in [1.54, 1.807) is 24.3 Å². The van der Waals surface area contributed by atoms with E-state index in [1.807, 2.05) is 0 Å². The first-order valence-corrected chi connectivity index (χ1v) is 8.29. The number of hydrogen-bond acceptors (Lipinski definition) is 5. The van der Waals surface area contributed by atoms with E-state index >= 15 is 0 Å². The van der Waals surface area contributed by atoms with Crippen molar-refractivity contribution in [2.24, 2.45) is 0 Å². The van der Waals surface area contributed by atoms with Crippen molar-refractivity contribution in [1.82, 2.24) is 20.5 Å². The molecule has 0 radical (unpaired) electrons. The lowest BCUT2D eigenvalue weighted by Crippen LogP contribution is -2.28. The van der Waals surface area contributed by atoms with Gasteiger partial charge in [-0.3, -0.25) is 10.4 Å². The fourth-order valence-electron chi connectivity index (χ4n) is 2.41. The summed E-state index contributed by atoms with van der Waals surface area (Å²) in [5.74, 6) is 0.590. The van der Waals surface area contributed by atoms with E-state index in [2.05, 4.69) is 25.8 Å². The third-order valence-corrected chi connectivity index (χ3v) is 4.35. The zero-order chi connectivity index (χ0) is 18.7. The van der Waals surface area contributed by atoms with Crippen LogP contribution in [-0.2, 0) is 13.2 Å². The van der Waals surface area contributed by atoms with Gasteiger partial charge in [-0.1, -0.05) is 29.3 Å². The fourth-order valence-corrected chi connectivity index (χ4v) is 2.73. The number of nitrogens with one attached hydrogen (secondary N) is 3. The first kappa shape index (κ1) is 18.2. The average Bonchev–Trinajstić information content (AvgIpc) is 3.05. The SMILES string of the molecule is COc1n[nH]c2cc(NC(=O)NCc3ccc(Cl)c(Cl)c3)nc(CO)c12. The van der Waals surface area contributed by atoms with E-state index < -0.39 is 6.03 Å². The molecule has 136 valence electrons. The summed E-state index contributed by atoms with van der Waals surface area (Å²) in [5.41, 5.74) is 1.72. The molecule has 0 fully saturated rings. The number of halogens is 2. The van der Waals surface area contributed by atoms with Crippen molar-refractivity contribution in [2.75, 3.05) is 12.4 Å². The van der Waals surface area contributed by atoms with Gasteiger partial charge in [0.25, 0.3) is 0 Å². The van der Waals surface area contributed by atoms with E-state index in [4.69, 9.17) is 27.9 Å². The second kappa shape index (κ2) is 7.77. The Hall–Kier alpha value is -2.55. The maximum absolute atomic E-state index is 12.1. The van der Waals surface area contributed by atoms with E-state index in [0.717, 1.165) is 5.56 Å². The predicted octanol–water partition coefficient (Wildman–Crippen LogP) is 3.09. The number of nitrogens with zero attached hydrogens (tertiary/aromatic N) is 2. The molecule has 2 amide bonds. The second-order valence-electron chi connectivity index (χ2n) is 5.32. The smallest absolute Gasteiger partial charge is 0.320 e. The zero-order valence-corrected chi connectivity index (χ0v) is 15.1. The highest BCUT2D eigenvalue weighted by Gasteiger charge is 2.15. The van der Waals surface area contributed by atoms with Crippen LogP contribution < -0.4 is 15.4 Å². The normalized spacial score (nSPS) is 10.8. The molecule has 4 N–H and O–H groups in total. The molecular formula is C16H15Cl2N5O3. The van der Waals surface area contributed by atoms with Crippen molar-refractivity contribution in [3.8, 4) is 5.88 Å². The average molecular weight is 396 g/mol. The van der Waals surface area contributed by atoms with Gasteiger partial charge in [-0.15, -0.1) is 5.10 Å². The van der Waals surface area contributed by atoms with Gasteiger partial charge < -0.3 is 15.2 Å². The highest BCUT2D eigenvalue weighted by molar-refractivity contribution is 6.42. The lowest BCUT2D eigenvalue weighted by Gasteiger charge is -2.09. The van der Waals surface area contributed by atoms with Gasteiger partial charge in [-0.25, -0.2) is 9.78 Å². The van der Waals surface area contributed by atoms with Gasteiger partial charge >= 0.3 is 6.03 Å². The third-order valence-electron chi connectivity index (χ3n) is 3.61. The quantitative estimate of drug-likeness (QED) is 0.530. The number of pyridine rings is 1. The molecule has 0 spiro atoms. The highest BCUT2D eigenvalue weighted by Crippen LogP contribution is 2.27. The molecule has 0 atom stereocenters. The van der Waals surface area contributed by atoms with Gasteiger partial charge in [0.15, 0.2) is 0 Å². The van der Waals surface area contributed by atoms with Gasteiger partial charge in [-0.2, -0.15) is 0 Å². The molecule has 1 aromatic carbocycles. The number of amides is 2. The molecule has 2 aromatic heterocycles. The number of hydrogen-bond donors (Lipinski definition) is 4. The van der Waals surface area contributed by atoms with Crippen LogP contribution in [0.2, 0.25) is 10.0 Å². The van der Waals surface area contributed by atoms with Crippen LogP contribution in [0.4, 0.5) is 10.6 Å². The molecule has 0 aliphatic heterocycles. The summed E-state index contributed by atoms with van der Waals surface area (Å²) in [6, 6.07) is 6.24. The van der Waals surface area contributed by atoms with Crippen molar-refractivity contribution >= 4 is 46.0 Å². The van der Waals surface area contributed by atoms with Crippen molar-refractivity contribution < 1.29 is 14.6 Å². The lowest BCUT2D eigenvalue weighted by molar-refractivity contribution is 0.251. The number of ether oxygens (including phenoxy) is 1. The van der Waals surface area contributed by atoms with Crippen LogP contribution in [0.5, 0.6) is 5.88 Å². The van der Waals surface area contributed by atoms with Gasteiger partial charge in [0.2, 0.25) is 5.88 Å². The number of rotatable bonds is 5. The van der Waals surface area contributed by atoms with Crippen molar-refractivity contribution in [3.05, 3.63) is 45.6 Å². The number of methoxy groups -OCH3 is 1. The Kier molecular flexibility index (Phi) is 5.46. The van der Waals surface area contributed by atoms with Gasteiger partial charge in [0.05, 0.1) is 40.4 Å². The summed E-state index contributed by atoms with van der Waals surface area (Å²) in [4.78, 5) is 16.3. The summed E-state index contributed by atoms with van der Waals surface area (Å²) in [6.07, 6.45) is 0. The minimum Gasteiger partial charge on any atom is -0.479 e. The number of benzene rings is 1. The minimum absolute atomic E-state index is 0.260. The minimum atomic E-state index is -0.460. The standard InChI is InChI=1S/C16H15Cl2N5O3/c1-26-15-14-11(22-23-15)5-13(20-12(14)7-24)21-16(25)19-6-8-2-3-9(17)10(18)4-8/h2-5,24H,6-7H2,1H3,(H,22,23)(H2,19,20,21,25). The van der Waals surface area contributed by atoms with Gasteiger partial charge in [0, 0.05) is 12.6 Å². The topological polar surface area (TPSA) is 112 Å². The number of carbonyl (C=O) groups is 1. The van der Waals surface area contributed by atoms with E-state index in [-0.39, 0.29) is 19.0 Å². The van der Waals surface area contributed by atoms with Crippen LogP contribution in [0, 0.1) is 0 Å². The summed E-state index contributed by atoms with van der Waals surface area (Å²) in [5, 5.41) is 23.0. The zero-order valence-electron chi connectivity index (χ0n) is 13.6. The van der Waals surface area contributed by atoms with Crippen LogP contribution in [0.1, 0.15) is 11.3 Å². The Balaban J connectivity index is 1.71. The molecule has 0 bridgehead atoms. The van der Waals surface area contributed by atoms with E-state index in [0.29, 0.717) is 32.5 Å². The maximum atomic E-state index is 12.1. The molecule has 0 saturated carbocycles. The number of aromatic amines is 1. The predicted molar refractivity (Wildman–Crippen MR) is 98.7 cm³/mol. The number of aliphatic hydroxyl groups excluding tert-OH is 1. The summed E-state index contributed by atoms with van der Waals surface area (Å²) in [7, 11) is 1.47. The number of aromatic nitrogens is 3. The molecule has 0 saturated heterocycles. The monoisotopic (exact) mass is 395 g/mol. The molecular weight excluding hydrogens is 381 g/mol. The first-order valence-electron chi connectivity index (χ1n) is 7.53. The Morgan fingerprint density at radius 1 is 1.31 bits per heavy atom. The third kappa shape index (κ3) is 3.82.